The Morgan fingerprint density at radius 2 is 1.57 bits per heavy atom. The number of aromatic carboxylic acids is 1. The fraction of sp³-hybridized carbons (Fsp3) is 0.222. The van der Waals surface area contributed by atoms with Crippen LogP contribution in [0.2, 0.25) is 0 Å². The zero-order chi connectivity index (χ0) is 25.1. The first-order valence-electron chi connectivity index (χ1n) is 11.2. The standard InChI is InChI=1S/C27H25FN2O5/c1-15(2)24(25(31)29-23-12-11-16(28)13-21(23)26(32)33)30-27(34)35-14-22-19-9-5-3-7-17(19)18-8-4-6-10-20(18)22/h3-13,15,22,24H,14H2,1-2H3,(H,29,31)(H,30,34)(H,32,33)/t24-/m0/s1. The van der Waals surface area contributed by atoms with Crippen molar-refractivity contribution in [3.63, 3.8) is 0 Å². The number of nitrogens with one attached hydrogen (secondary N) is 2. The molecule has 0 bridgehead atoms. The molecular weight excluding hydrogens is 451 g/mol. The molecule has 0 aromatic heterocycles. The molecular formula is C27H25FN2O5. The highest BCUT2D eigenvalue weighted by molar-refractivity contribution is 6.03. The molecule has 35 heavy (non-hydrogen) atoms. The lowest BCUT2D eigenvalue weighted by atomic mass is 9.98. The van der Waals surface area contributed by atoms with E-state index in [0.717, 1.165) is 34.4 Å². The third-order valence-electron chi connectivity index (χ3n) is 6.04. The van der Waals surface area contributed by atoms with Crippen molar-refractivity contribution < 1.29 is 28.6 Å². The van der Waals surface area contributed by atoms with Gasteiger partial charge in [-0.3, -0.25) is 4.79 Å². The summed E-state index contributed by atoms with van der Waals surface area (Å²) in [6.07, 6.45) is -0.765. The number of halogens is 1. The zero-order valence-corrected chi connectivity index (χ0v) is 19.2. The molecule has 3 aromatic carbocycles. The Labute approximate surface area is 201 Å². The van der Waals surface area contributed by atoms with Crippen molar-refractivity contribution in [1.29, 1.82) is 0 Å². The molecule has 3 N–H and O–H groups in total. The van der Waals surface area contributed by atoms with Crippen molar-refractivity contribution in [2.45, 2.75) is 25.8 Å². The number of carboxylic acids is 1. The van der Waals surface area contributed by atoms with E-state index in [1.54, 1.807) is 13.8 Å². The van der Waals surface area contributed by atoms with Crippen LogP contribution in [0.3, 0.4) is 0 Å². The van der Waals surface area contributed by atoms with E-state index in [-0.39, 0.29) is 29.7 Å². The van der Waals surface area contributed by atoms with Gasteiger partial charge in [-0.1, -0.05) is 62.4 Å². The maximum absolute atomic E-state index is 13.5. The van der Waals surface area contributed by atoms with Crippen molar-refractivity contribution in [3.05, 3.63) is 89.2 Å². The highest BCUT2D eigenvalue weighted by Crippen LogP contribution is 2.44. The average Bonchev–Trinajstić information content (AvgIpc) is 3.15. The number of rotatable bonds is 7. The quantitative estimate of drug-likeness (QED) is 0.444. The predicted molar refractivity (Wildman–Crippen MR) is 129 cm³/mol. The van der Waals surface area contributed by atoms with Gasteiger partial charge in [-0.15, -0.1) is 0 Å². The highest BCUT2D eigenvalue weighted by atomic mass is 19.1. The van der Waals surface area contributed by atoms with E-state index in [9.17, 15) is 23.9 Å². The Morgan fingerprint density at radius 3 is 2.14 bits per heavy atom. The van der Waals surface area contributed by atoms with Crippen LogP contribution in [0.5, 0.6) is 0 Å². The summed E-state index contributed by atoms with van der Waals surface area (Å²) in [6, 6.07) is 17.9. The second kappa shape index (κ2) is 9.97. The van der Waals surface area contributed by atoms with Crippen LogP contribution in [0.25, 0.3) is 11.1 Å². The fourth-order valence-corrected chi connectivity index (χ4v) is 4.31. The van der Waals surface area contributed by atoms with E-state index in [1.165, 1.54) is 6.07 Å². The van der Waals surface area contributed by atoms with Gasteiger partial charge in [0.05, 0.1) is 11.3 Å². The minimum Gasteiger partial charge on any atom is -0.478 e. The van der Waals surface area contributed by atoms with Gasteiger partial charge in [0, 0.05) is 5.92 Å². The number of alkyl carbamates (subject to hydrolysis) is 1. The fourth-order valence-electron chi connectivity index (χ4n) is 4.31. The van der Waals surface area contributed by atoms with Crippen molar-refractivity contribution in [2.75, 3.05) is 11.9 Å². The molecule has 7 nitrogen and oxygen atoms in total. The number of carbonyl (C=O) groups excluding carboxylic acids is 2. The van der Waals surface area contributed by atoms with Crippen LogP contribution in [0.4, 0.5) is 14.9 Å². The first-order chi connectivity index (χ1) is 16.8. The van der Waals surface area contributed by atoms with Gasteiger partial charge >= 0.3 is 12.1 Å². The summed E-state index contributed by atoms with van der Waals surface area (Å²) in [5.41, 5.74) is 3.88. The molecule has 0 radical (unpaired) electrons. The summed E-state index contributed by atoms with van der Waals surface area (Å²) in [5, 5.41) is 14.3. The molecule has 4 rings (SSSR count). The number of ether oxygens (including phenoxy) is 1. The molecule has 1 aliphatic carbocycles. The summed E-state index contributed by atoms with van der Waals surface area (Å²) >= 11 is 0. The van der Waals surface area contributed by atoms with E-state index < -0.39 is 29.8 Å². The molecule has 0 heterocycles. The first-order valence-corrected chi connectivity index (χ1v) is 11.2. The smallest absolute Gasteiger partial charge is 0.407 e. The zero-order valence-electron chi connectivity index (χ0n) is 19.2. The molecule has 0 aliphatic heterocycles. The number of carboxylic acid groups (broad SMARTS) is 1. The van der Waals surface area contributed by atoms with Crippen LogP contribution in [0.1, 0.15) is 41.3 Å². The van der Waals surface area contributed by atoms with Crippen LogP contribution in [0.15, 0.2) is 66.7 Å². The summed E-state index contributed by atoms with van der Waals surface area (Å²) in [4.78, 5) is 36.9. The second-order valence-electron chi connectivity index (χ2n) is 8.68. The van der Waals surface area contributed by atoms with Gasteiger partial charge in [-0.25, -0.2) is 14.0 Å². The van der Waals surface area contributed by atoms with Gasteiger partial charge in [0.1, 0.15) is 18.5 Å². The Kier molecular flexibility index (Phi) is 6.82. The number of hydrogen-bond donors (Lipinski definition) is 3. The SMILES string of the molecule is CC(C)[C@H](NC(=O)OCC1c2ccccc2-c2ccccc21)C(=O)Nc1ccc(F)cc1C(=O)O. The van der Waals surface area contributed by atoms with E-state index in [2.05, 4.69) is 10.6 Å². The third kappa shape index (κ3) is 5.01. The normalized spacial score (nSPS) is 13.0. The first kappa shape index (κ1) is 23.9. The molecule has 8 heteroatoms. The monoisotopic (exact) mass is 476 g/mol. The average molecular weight is 477 g/mol. The lowest BCUT2D eigenvalue weighted by Gasteiger charge is -2.22. The minimum absolute atomic E-state index is 0.0658. The van der Waals surface area contributed by atoms with Crippen molar-refractivity contribution in [3.8, 4) is 11.1 Å². The van der Waals surface area contributed by atoms with Gasteiger partial charge in [0.25, 0.3) is 0 Å². The topological polar surface area (TPSA) is 105 Å². The minimum atomic E-state index is -1.38. The predicted octanol–water partition coefficient (Wildman–Crippen LogP) is 5.03. The second-order valence-corrected chi connectivity index (χ2v) is 8.68. The molecule has 3 aromatic rings. The van der Waals surface area contributed by atoms with E-state index >= 15 is 0 Å². The third-order valence-corrected chi connectivity index (χ3v) is 6.04. The number of anilines is 1. The van der Waals surface area contributed by atoms with Crippen LogP contribution < -0.4 is 10.6 Å². The molecule has 0 fully saturated rings. The van der Waals surface area contributed by atoms with Crippen LogP contribution in [-0.4, -0.2) is 35.7 Å². The molecule has 0 spiro atoms. The highest BCUT2D eigenvalue weighted by Gasteiger charge is 2.30. The van der Waals surface area contributed by atoms with Gasteiger partial charge in [0.2, 0.25) is 5.91 Å². The van der Waals surface area contributed by atoms with Crippen molar-refractivity contribution in [1.82, 2.24) is 5.32 Å². The number of hydrogen-bond acceptors (Lipinski definition) is 4. The maximum Gasteiger partial charge on any atom is 0.407 e. The summed E-state index contributed by atoms with van der Waals surface area (Å²) < 4.78 is 19.0. The molecule has 180 valence electrons. The molecule has 1 atom stereocenters. The maximum atomic E-state index is 13.5. The Hall–Kier alpha value is -4.20. The van der Waals surface area contributed by atoms with E-state index in [4.69, 9.17) is 4.74 Å². The lowest BCUT2D eigenvalue weighted by molar-refractivity contribution is -0.119. The van der Waals surface area contributed by atoms with E-state index in [1.807, 2.05) is 48.5 Å². The van der Waals surface area contributed by atoms with Gasteiger partial charge in [-0.05, 0) is 46.4 Å². The summed E-state index contributed by atoms with van der Waals surface area (Å²) in [6.45, 7) is 3.56. The lowest BCUT2D eigenvalue weighted by Crippen LogP contribution is -2.47. The number of carbonyl (C=O) groups is 3. The van der Waals surface area contributed by atoms with E-state index in [0.29, 0.717) is 0 Å². The number of fused-ring (bicyclic) bond motifs is 3. The Balaban J connectivity index is 1.44. The number of benzene rings is 3. The molecule has 0 unspecified atom stereocenters. The van der Waals surface area contributed by atoms with Gasteiger partial charge in [-0.2, -0.15) is 0 Å². The molecule has 2 amide bonds. The summed E-state index contributed by atoms with van der Waals surface area (Å²) in [7, 11) is 0. The largest absolute Gasteiger partial charge is 0.478 e. The van der Waals surface area contributed by atoms with Crippen molar-refractivity contribution in [2.24, 2.45) is 5.92 Å². The Bertz CT molecular complexity index is 1240. The Morgan fingerprint density at radius 1 is 0.971 bits per heavy atom. The van der Waals surface area contributed by atoms with Crippen LogP contribution in [-0.2, 0) is 9.53 Å². The molecule has 0 saturated carbocycles. The van der Waals surface area contributed by atoms with Gasteiger partial charge in [0.15, 0.2) is 0 Å². The van der Waals surface area contributed by atoms with Crippen LogP contribution in [0, 0.1) is 11.7 Å². The van der Waals surface area contributed by atoms with Gasteiger partial charge < -0.3 is 20.5 Å². The van der Waals surface area contributed by atoms with Crippen molar-refractivity contribution >= 4 is 23.7 Å². The van der Waals surface area contributed by atoms with Crippen LogP contribution >= 0.6 is 0 Å². The molecule has 1 aliphatic rings. The summed E-state index contributed by atoms with van der Waals surface area (Å²) in [5.74, 6) is -3.22. The number of amides is 2. The molecule has 0 saturated heterocycles.